The maximum Gasteiger partial charge on any atom is 0.287 e. The van der Waals surface area contributed by atoms with Crippen molar-refractivity contribution in [2.24, 2.45) is 0 Å². The highest BCUT2D eigenvalue weighted by atomic mass is 35.5. The molecule has 0 radical (unpaired) electrons. The highest BCUT2D eigenvalue weighted by Gasteiger charge is 2.13. The minimum Gasteiger partial charge on any atom is -0.455 e. The van der Waals surface area contributed by atoms with Crippen LogP contribution in [0.1, 0.15) is 27.4 Å². The topological polar surface area (TPSA) is 59.3 Å². The van der Waals surface area contributed by atoms with Crippen LogP contribution in [0.4, 0.5) is 0 Å². The van der Waals surface area contributed by atoms with E-state index in [-0.39, 0.29) is 17.4 Å². The van der Waals surface area contributed by atoms with E-state index in [0.29, 0.717) is 22.2 Å². The SMILES string of the molecule is Cc1ccc(CNC(=O)c2ccc(C[S@](=O)c3cccc(Cl)c3)o2)cc1. The lowest BCUT2D eigenvalue weighted by molar-refractivity contribution is 0.0921. The summed E-state index contributed by atoms with van der Waals surface area (Å²) < 4.78 is 17.9. The summed E-state index contributed by atoms with van der Waals surface area (Å²) in [5.74, 6) is 0.579. The molecular formula is C20H18ClNO3S. The van der Waals surface area contributed by atoms with Gasteiger partial charge in [-0.25, -0.2) is 0 Å². The number of carbonyl (C=O) groups excluding carboxylic acids is 1. The molecule has 6 heteroatoms. The van der Waals surface area contributed by atoms with Crippen LogP contribution >= 0.6 is 11.6 Å². The molecule has 0 aliphatic heterocycles. The van der Waals surface area contributed by atoms with E-state index in [0.717, 1.165) is 5.56 Å². The molecule has 3 aromatic rings. The molecule has 0 bridgehead atoms. The lowest BCUT2D eigenvalue weighted by Crippen LogP contribution is -2.22. The van der Waals surface area contributed by atoms with E-state index in [1.165, 1.54) is 5.56 Å². The van der Waals surface area contributed by atoms with Crippen LogP contribution in [0.3, 0.4) is 0 Å². The Hall–Kier alpha value is -2.37. The van der Waals surface area contributed by atoms with Gasteiger partial charge in [-0.1, -0.05) is 47.5 Å². The molecule has 0 fully saturated rings. The molecule has 0 saturated carbocycles. The Morgan fingerprint density at radius 2 is 1.88 bits per heavy atom. The van der Waals surface area contributed by atoms with Gasteiger partial charge in [0.25, 0.3) is 5.91 Å². The van der Waals surface area contributed by atoms with E-state index in [1.54, 1.807) is 36.4 Å². The molecule has 0 spiro atoms. The molecule has 26 heavy (non-hydrogen) atoms. The van der Waals surface area contributed by atoms with Crippen molar-refractivity contribution in [2.45, 2.75) is 24.1 Å². The number of furan rings is 1. The van der Waals surface area contributed by atoms with Gasteiger partial charge in [0.2, 0.25) is 0 Å². The summed E-state index contributed by atoms with van der Waals surface area (Å²) in [4.78, 5) is 12.8. The van der Waals surface area contributed by atoms with Crippen LogP contribution in [0.25, 0.3) is 0 Å². The van der Waals surface area contributed by atoms with Crippen molar-refractivity contribution in [3.63, 3.8) is 0 Å². The van der Waals surface area contributed by atoms with E-state index in [9.17, 15) is 9.00 Å². The normalized spacial score (nSPS) is 11.9. The first kappa shape index (κ1) is 18.4. The van der Waals surface area contributed by atoms with Crippen molar-refractivity contribution in [1.29, 1.82) is 0 Å². The predicted molar refractivity (Wildman–Crippen MR) is 103 cm³/mol. The van der Waals surface area contributed by atoms with Crippen molar-refractivity contribution in [2.75, 3.05) is 0 Å². The summed E-state index contributed by atoms with van der Waals surface area (Å²) >= 11 is 5.92. The Labute approximate surface area is 159 Å². The molecule has 3 rings (SSSR count). The molecule has 1 N–H and O–H groups in total. The summed E-state index contributed by atoms with van der Waals surface area (Å²) in [6, 6.07) is 18.1. The largest absolute Gasteiger partial charge is 0.455 e. The van der Waals surface area contributed by atoms with E-state index in [2.05, 4.69) is 5.32 Å². The third-order valence-corrected chi connectivity index (χ3v) is 5.35. The minimum atomic E-state index is -1.29. The van der Waals surface area contributed by atoms with Crippen molar-refractivity contribution >= 4 is 28.3 Å². The fourth-order valence-electron chi connectivity index (χ4n) is 2.37. The lowest BCUT2D eigenvalue weighted by Gasteiger charge is -2.04. The Balaban J connectivity index is 1.59. The van der Waals surface area contributed by atoms with Crippen LogP contribution < -0.4 is 5.32 Å². The summed E-state index contributed by atoms with van der Waals surface area (Å²) in [6.45, 7) is 2.43. The van der Waals surface area contributed by atoms with E-state index >= 15 is 0 Å². The third kappa shape index (κ3) is 4.84. The fourth-order valence-corrected chi connectivity index (χ4v) is 3.70. The first-order valence-corrected chi connectivity index (χ1v) is 9.77. The number of amides is 1. The monoisotopic (exact) mass is 387 g/mol. The Morgan fingerprint density at radius 1 is 1.12 bits per heavy atom. The molecule has 4 nitrogen and oxygen atoms in total. The molecule has 134 valence electrons. The van der Waals surface area contributed by atoms with Gasteiger partial charge in [0.05, 0.1) is 16.6 Å². The number of hydrogen-bond acceptors (Lipinski definition) is 3. The molecule has 0 saturated heterocycles. The smallest absolute Gasteiger partial charge is 0.287 e. The Kier molecular flexibility index (Phi) is 5.91. The number of carbonyl (C=O) groups is 1. The summed E-state index contributed by atoms with van der Waals surface area (Å²) in [5.41, 5.74) is 2.18. The van der Waals surface area contributed by atoms with Crippen LogP contribution in [0, 0.1) is 6.92 Å². The van der Waals surface area contributed by atoms with Gasteiger partial charge in [-0.05, 0) is 42.8 Å². The number of rotatable bonds is 6. The second-order valence-electron chi connectivity index (χ2n) is 5.88. The minimum absolute atomic E-state index is 0.186. The summed E-state index contributed by atoms with van der Waals surface area (Å²) in [6.07, 6.45) is 0. The van der Waals surface area contributed by atoms with Gasteiger partial charge < -0.3 is 9.73 Å². The second kappa shape index (κ2) is 8.34. The van der Waals surface area contributed by atoms with Crippen molar-refractivity contribution < 1.29 is 13.4 Å². The Bertz CT molecular complexity index is 934. The number of hydrogen-bond donors (Lipinski definition) is 1. The van der Waals surface area contributed by atoms with Crippen LogP contribution in [0.5, 0.6) is 0 Å². The van der Waals surface area contributed by atoms with E-state index in [1.807, 2.05) is 31.2 Å². The lowest BCUT2D eigenvalue weighted by atomic mass is 10.1. The predicted octanol–water partition coefficient (Wildman–Crippen LogP) is 4.48. The summed E-state index contributed by atoms with van der Waals surface area (Å²) in [7, 11) is -1.29. The molecule has 1 amide bonds. The van der Waals surface area contributed by atoms with Gasteiger partial charge in [0.15, 0.2) is 5.76 Å². The van der Waals surface area contributed by atoms with Crippen molar-refractivity contribution in [3.8, 4) is 0 Å². The van der Waals surface area contributed by atoms with Crippen LogP contribution in [-0.2, 0) is 23.1 Å². The van der Waals surface area contributed by atoms with Gasteiger partial charge in [-0.3, -0.25) is 9.00 Å². The number of nitrogens with one attached hydrogen (secondary N) is 1. The second-order valence-corrected chi connectivity index (χ2v) is 7.77. The summed E-state index contributed by atoms with van der Waals surface area (Å²) in [5, 5.41) is 3.35. The standard InChI is InChI=1S/C20H18ClNO3S/c1-14-5-7-15(8-6-14)12-22-20(23)19-10-9-17(25-19)13-26(24)18-4-2-3-16(21)11-18/h2-11H,12-13H2,1H3,(H,22,23)/t26-/m0/s1. The van der Waals surface area contributed by atoms with E-state index in [4.69, 9.17) is 16.0 Å². The molecule has 1 heterocycles. The number of benzene rings is 2. The van der Waals surface area contributed by atoms with Crippen molar-refractivity contribution in [1.82, 2.24) is 5.32 Å². The average Bonchev–Trinajstić information content (AvgIpc) is 3.09. The molecule has 1 atom stereocenters. The molecule has 0 aliphatic carbocycles. The van der Waals surface area contributed by atoms with Gasteiger partial charge in [-0.2, -0.15) is 0 Å². The third-order valence-electron chi connectivity index (χ3n) is 3.79. The fraction of sp³-hybridized carbons (Fsp3) is 0.150. The van der Waals surface area contributed by atoms with Crippen LogP contribution in [-0.4, -0.2) is 10.1 Å². The average molecular weight is 388 g/mol. The zero-order valence-electron chi connectivity index (χ0n) is 14.2. The van der Waals surface area contributed by atoms with Gasteiger partial charge in [0.1, 0.15) is 5.76 Å². The Morgan fingerprint density at radius 3 is 2.62 bits per heavy atom. The first-order valence-electron chi connectivity index (χ1n) is 8.07. The van der Waals surface area contributed by atoms with Gasteiger partial charge in [-0.15, -0.1) is 0 Å². The maximum atomic E-state index is 12.4. The number of aryl methyl sites for hydroxylation is 1. The molecule has 0 unspecified atom stereocenters. The zero-order valence-corrected chi connectivity index (χ0v) is 15.8. The van der Waals surface area contributed by atoms with Crippen LogP contribution in [0.15, 0.2) is 70.0 Å². The van der Waals surface area contributed by atoms with Crippen LogP contribution in [0.2, 0.25) is 5.02 Å². The highest BCUT2D eigenvalue weighted by Crippen LogP contribution is 2.18. The first-order chi connectivity index (χ1) is 12.5. The van der Waals surface area contributed by atoms with Crippen molar-refractivity contribution in [3.05, 3.63) is 88.3 Å². The maximum absolute atomic E-state index is 12.4. The van der Waals surface area contributed by atoms with E-state index < -0.39 is 10.8 Å². The molecule has 0 aliphatic rings. The van der Waals surface area contributed by atoms with Gasteiger partial charge in [0, 0.05) is 16.5 Å². The highest BCUT2D eigenvalue weighted by molar-refractivity contribution is 7.84. The molecular weight excluding hydrogens is 370 g/mol. The number of halogens is 1. The molecule has 2 aromatic carbocycles. The van der Waals surface area contributed by atoms with Gasteiger partial charge >= 0.3 is 0 Å². The molecule has 1 aromatic heterocycles. The zero-order chi connectivity index (χ0) is 18.5. The quantitative estimate of drug-likeness (QED) is 0.678.